The molecule has 1 heterocycles. The number of fused-ring (bicyclic) bond motifs is 2. The van der Waals surface area contributed by atoms with E-state index < -0.39 is 0 Å². The van der Waals surface area contributed by atoms with Crippen molar-refractivity contribution in [1.82, 2.24) is 10.3 Å². The summed E-state index contributed by atoms with van der Waals surface area (Å²) in [6.45, 7) is 2.74. The fraction of sp³-hybridized carbons (Fsp3) is 0.600. The van der Waals surface area contributed by atoms with E-state index in [1.807, 2.05) is 0 Å². The zero-order valence-corrected chi connectivity index (χ0v) is 12.1. The SMILES string of the molecule is CCCc1nc(CNC(=O)[C@@H]2C[C@@H]3C=C[C@H]2C3)cs1. The number of carbonyl (C=O) groups excluding carboxylic acids is 1. The van der Waals surface area contributed by atoms with E-state index in [2.05, 4.69) is 34.8 Å². The van der Waals surface area contributed by atoms with Crippen LogP contribution in [0, 0.1) is 17.8 Å². The molecule has 3 nitrogen and oxygen atoms in total. The number of carbonyl (C=O) groups is 1. The van der Waals surface area contributed by atoms with E-state index in [-0.39, 0.29) is 11.8 Å². The molecule has 1 aromatic rings. The minimum Gasteiger partial charge on any atom is -0.350 e. The Hall–Kier alpha value is -1.16. The van der Waals surface area contributed by atoms with Gasteiger partial charge in [-0.3, -0.25) is 4.79 Å². The first-order valence-electron chi connectivity index (χ1n) is 7.15. The van der Waals surface area contributed by atoms with Crippen molar-refractivity contribution in [2.75, 3.05) is 0 Å². The van der Waals surface area contributed by atoms with Crippen LogP contribution in [0.5, 0.6) is 0 Å². The van der Waals surface area contributed by atoms with Gasteiger partial charge in [-0.15, -0.1) is 11.3 Å². The highest BCUT2D eigenvalue weighted by Gasteiger charge is 2.39. The number of thiazole rings is 1. The summed E-state index contributed by atoms with van der Waals surface area (Å²) < 4.78 is 0. The fourth-order valence-electron chi connectivity index (χ4n) is 3.15. The molecule has 1 fully saturated rings. The standard InChI is InChI=1S/C15H20N2OS/c1-2-3-14-17-12(9-19-14)8-16-15(18)13-7-10-4-5-11(13)6-10/h4-5,9-11,13H,2-3,6-8H2,1H3,(H,16,18)/t10-,11+,13-/m1/s1. The highest BCUT2D eigenvalue weighted by molar-refractivity contribution is 7.09. The van der Waals surface area contributed by atoms with Crippen LogP contribution in [0.25, 0.3) is 0 Å². The summed E-state index contributed by atoms with van der Waals surface area (Å²) in [5.41, 5.74) is 1.00. The first-order chi connectivity index (χ1) is 9.26. The van der Waals surface area contributed by atoms with Crippen LogP contribution in [-0.4, -0.2) is 10.9 Å². The lowest BCUT2D eigenvalue weighted by Crippen LogP contribution is -2.32. The molecule has 0 spiro atoms. The monoisotopic (exact) mass is 276 g/mol. The first kappa shape index (κ1) is 12.9. The molecule has 4 heteroatoms. The molecule has 0 unspecified atom stereocenters. The third kappa shape index (κ3) is 2.73. The average Bonchev–Trinajstić information content (AvgIpc) is 3.12. The molecule has 3 atom stereocenters. The van der Waals surface area contributed by atoms with E-state index in [9.17, 15) is 4.79 Å². The summed E-state index contributed by atoms with van der Waals surface area (Å²) in [5, 5.41) is 6.29. The van der Waals surface area contributed by atoms with E-state index in [4.69, 9.17) is 0 Å². The van der Waals surface area contributed by atoms with E-state index in [0.717, 1.165) is 25.0 Å². The maximum absolute atomic E-state index is 12.2. The highest BCUT2D eigenvalue weighted by Crippen LogP contribution is 2.43. The lowest BCUT2D eigenvalue weighted by Gasteiger charge is -2.17. The Morgan fingerprint density at radius 1 is 1.47 bits per heavy atom. The first-order valence-corrected chi connectivity index (χ1v) is 8.03. The molecule has 0 saturated heterocycles. The van der Waals surface area contributed by atoms with Crippen LogP contribution in [0.15, 0.2) is 17.5 Å². The summed E-state index contributed by atoms with van der Waals surface area (Å²) in [6, 6.07) is 0. The van der Waals surface area contributed by atoms with Gasteiger partial charge in [-0.05, 0) is 37.5 Å². The van der Waals surface area contributed by atoms with Gasteiger partial charge in [0.25, 0.3) is 0 Å². The molecule has 1 aromatic heterocycles. The number of aromatic nitrogens is 1. The molecule has 2 aliphatic carbocycles. The van der Waals surface area contributed by atoms with Crippen molar-refractivity contribution in [2.45, 2.75) is 39.2 Å². The summed E-state index contributed by atoms with van der Waals surface area (Å²) in [4.78, 5) is 16.7. The van der Waals surface area contributed by atoms with Crippen molar-refractivity contribution in [2.24, 2.45) is 17.8 Å². The van der Waals surface area contributed by atoms with Gasteiger partial charge in [0.2, 0.25) is 5.91 Å². The molecule has 0 radical (unpaired) electrons. The van der Waals surface area contributed by atoms with Crippen LogP contribution in [-0.2, 0) is 17.8 Å². The molecule has 1 amide bonds. The van der Waals surface area contributed by atoms with E-state index in [0.29, 0.717) is 18.4 Å². The maximum Gasteiger partial charge on any atom is 0.224 e. The Bertz CT molecular complexity index is 494. The lowest BCUT2D eigenvalue weighted by atomic mass is 9.93. The van der Waals surface area contributed by atoms with Crippen LogP contribution in [0.1, 0.15) is 36.9 Å². The summed E-state index contributed by atoms with van der Waals surface area (Å²) in [5.74, 6) is 1.54. The van der Waals surface area contributed by atoms with Crippen LogP contribution >= 0.6 is 11.3 Å². The number of hydrogen-bond acceptors (Lipinski definition) is 3. The van der Waals surface area contributed by atoms with Gasteiger partial charge >= 0.3 is 0 Å². The van der Waals surface area contributed by atoms with Gasteiger partial charge < -0.3 is 5.32 Å². The van der Waals surface area contributed by atoms with Gasteiger partial charge in [0.15, 0.2) is 0 Å². The van der Waals surface area contributed by atoms with Gasteiger partial charge in [0.1, 0.15) is 0 Å². The Kier molecular flexibility index (Phi) is 3.69. The smallest absolute Gasteiger partial charge is 0.224 e. The average molecular weight is 276 g/mol. The van der Waals surface area contributed by atoms with Crippen molar-refractivity contribution in [1.29, 1.82) is 0 Å². The molecule has 19 heavy (non-hydrogen) atoms. The number of aryl methyl sites for hydroxylation is 1. The number of nitrogens with one attached hydrogen (secondary N) is 1. The second-order valence-electron chi connectivity index (χ2n) is 5.59. The second kappa shape index (κ2) is 5.45. The molecular weight excluding hydrogens is 256 g/mol. The van der Waals surface area contributed by atoms with Gasteiger partial charge in [-0.2, -0.15) is 0 Å². The van der Waals surface area contributed by atoms with Crippen molar-refractivity contribution >= 4 is 17.2 Å². The summed E-state index contributed by atoms with van der Waals surface area (Å²) in [6.07, 6.45) is 8.86. The van der Waals surface area contributed by atoms with Crippen molar-refractivity contribution in [3.05, 3.63) is 28.2 Å². The van der Waals surface area contributed by atoms with Gasteiger partial charge in [-0.25, -0.2) is 4.98 Å². The van der Waals surface area contributed by atoms with Gasteiger partial charge in [0, 0.05) is 11.3 Å². The van der Waals surface area contributed by atoms with Crippen molar-refractivity contribution in [3.63, 3.8) is 0 Å². The fourth-order valence-corrected chi connectivity index (χ4v) is 4.05. The zero-order chi connectivity index (χ0) is 13.2. The van der Waals surface area contributed by atoms with Crippen molar-refractivity contribution in [3.8, 4) is 0 Å². The minimum absolute atomic E-state index is 0.198. The zero-order valence-electron chi connectivity index (χ0n) is 11.3. The minimum atomic E-state index is 0.198. The molecule has 102 valence electrons. The van der Waals surface area contributed by atoms with Crippen LogP contribution < -0.4 is 5.32 Å². The highest BCUT2D eigenvalue weighted by atomic mass is 32.1. The third-order valence-electron chi connectivity index (χ3n) is 4.12. The molecular formula is C15H20N2OS. The lowest BCUT2D eigenvalue weighted by molar-refractivity contribution is -0.125. The Morgan fingerprint density at radius 3 is 3.05 bits per heavy atom. The number of rotatable bonds is 5. The molecule has 1 N–H and O–H groups in total. The van der Waals surface area contributed by atoms with E-state index in [1.54, 1.807) is 11.3 Å². The van der Waals surface area contributed by atoms with Crippen LogP contribution in [0.4, 0.5) is 0 Å². The van der Waals surface area contributed by atoms with E-state index >= 15 is 0 Å². The Labute approximate surface area is 118 Å². The number of allylic oxidation sites excluding steroid dienone is 2. The van der Waals surface area contributed by atoms with Gasteiger partial charge in [0.05, 0.1) is 17.2 Å². The number of hydrogen-bond donors (Lipinski definition) is 1. The predicted molar refractivity (Wildman–Crippen MR) is 76.8 cm³/mol. The molecule has 0 aliphatic heterocycles. The number of amides is 1. The molecule has 2 bridgehead atoms. The third-order valence-corrected chi connectivity index (χ3v) is 5.08. The number of nitrogens with zero attached hydrogens (tertiary/aromatic N) is 1. The predicted octanol–water partition coefficient (Wildman–Crippen LogP) is 2.92. The van der Waals surface area contributed by atoms with Crippen molar-refractivity contribution < 1.29 is 4.79 Å². The van der Waals surface area contributed by atoms with Gasteiger partial charge in [-0.1, -0.05) is 19.1 Å². The molecule has 0 aromatic carbocycles. The quantitative estimate of drug-likeness (QED) is 0.840. The molecule has 1 saturated carbocycles. The van der Waals surface area contributed by atoms with Crippen LogP contribution in [0.2, 0.25) is 0 Å². The largest absolute Gasteiger partial charge is 0.350 e. The summed E-state index contributed by atoms with van der Waals surface area (Å²) in [7, 11) is 0. The summed E-state index contributed by atoms with van der Waals surface area (Å²) >= 11 is 1.70. The molecule has 2 aliphatic rings. The Morgan fingerprint density at radius 2 is 2.37 bits per heavy atom. The molecule has 3 rings (SSSR count). The topological polar surface area (TPSA) is 42.0 Å². The van der Waals surface area contributed by atoms with E-state index in [1.165, 1.54) is 11.4 Å². The normalized spacial score (nSPS) is 27.9. The maximum atomic E-state index is 12.2. The Balaban J connectivity index is 1.51. The second-order valence-corrected chi connectivity index (χ2v) is 6.53. The van der Waals surface area contributed by atoms with Crippen LogP contribution in [0.3, 0.4) is 0 Å².